The van der Waals surface area contributed by atoms with Crippen LogP contribution in [-0.2, 0) is 0 Å². The molecule has 1 N–H and O–H groups in total. The third-order valence-electron chi connectivity index (χ3n) is 4.71. The maximum atomic E-state index is 13.9. The number of anilines is 2. The minimum absolute atomic E-state index is 0.137. The van der Waals surface area contributed by atoms with Gasteiger partial charge >= 0.3 is 6.03 Å². The van der Waals surface area contributed by atoms with Crippen LogP contribution in [0.4, 0.5) is 24.4 Å². The van der Waals surface area contributed by atoms with Crippen molar-refractivity contribution < 1.29 is 13.6 Å². The van der Waals surface area contributed by atoms with Crippen LogP contribution in [0.1, 0.15) is 11.1 Å². The third-order valence-corrected chi connectivity index (χ3v) is 5.78. The Labute approximate surface area is 165 Å². The molecule has 1 saturated heterocycles. The van der Waals surface area contributed by atoms with Gasteiger partial charge in [-0.25, -0.2) is 18.6 Å². The van der Waals surface area contributed by atoms with Gasteiger partial charge in [-0.1, -0.05) is 17.4 Å². The molecule has 5 nitrogen and oxygen atoms in total. The molecule has 0 aliphatic carbocycles. The van der Waals surface area contributed by atoms with E-state index < -0.39 is 11.6 Å². The standard InChI is InChI=1S/C20H20F2N4OS/c1-12-7-13(2)9-15(8-12)23-19(27)25-3-5-26(6-4-25)20-24-18-16(22)10-14(21)11-17(18)28-20/h7-11H,3-6H2,1-2H3,(H,23,27). The lowest BCUT2D eigenvalue weighted by atomic mass is 10.1. The molecule has 0 saturated carbocycles. The molecule has 4 rings (SSSR count). The molecule has 1 aliphatic rings. The Morgan fingerprint density at radius 2 is 1.71 bits per heavy atom. The van der Waals surface area contributed by atoms with Gasteiger partial charge in [0.15, 0.2) is 10.9 Å². The lowest BCUT2D eigenvalue weighted by molar-refractivity contribution is 0.208. The summed E-state index contributed by atoms with van der Waals surface area (Å²) in [6, 6.07) is 7.95. The van der Waals surface area contributed by atoms with E-state index in [1.807, 2.05) is 30.9 Å². The second kappa shape index (κ2) is 7.35. The van der Waals surface area contributed by atoms with Crippen LogP contribution in [-0.4, -0.2) is 42.1 Å². The molecule has 2 heterocycles. The van der Waals surface area contributed by atoms with Crippen molar-refractivity contribution in [2.24, 2.45) is 0 Å². The van der Waals surface area contributed by atoms with Crippen LogP contribution in [0.3, 0.4) is 0 Å². The first kappa shape index (κ1) is 18.6. The van der Waals surface area contributed by atoms with Crippen LogP contribution < -0.4 is 10.2 Å². The van der Waals surface area contributed by atoms with Gasteiger partial charge in [0.1, 0.15) is 11.3 Å². The van der Waals surface area contributed by atoms with E-state index >= 15 is 0 Å². The number of carbonyl (C=O) groups excluding carboxylic acids is 1. The number of hydrogen-bond acceptors (Lipinski definition) is 4. The Balaban J connectivity index is 1.41. The Hall–Kier alpha value is -2.74. The highest BCUT2D eigenvalue weighted by molar-refractivity contribution is 7.22. The minimum atomic E-state index is -0.649. The van der Waals surface area contributed by atoms with E-state index in [0.717, 1.165) is 22.9 Å². The number of hydrogen-bond donors (Lipinski definition) is 1. The SMILES string of the molecule is Cc1cc(C)cc(NC(=O)N2CCN(c3nc4c(F)cc(F)cc4s3)CC2)c1. The predicted octanol–water partition coefficient (Wildman–Crippen LogP) is 4.55. The molecule has 3 aromatic rings. The molecule has 28 heavy (non-hydrogen) atoms. The highest BCUT2D eigenvalue weighted by atomic mass is 32.1. The summed E-state index contributed by atoms with van der Waals surface area (Å²) in [5, 5.41) is 3.59. The van der Waals surface area contributed by atoms with Gasteiger partial charge in [0.25, 0.3) is 0 Å². The number of fused-ring (bicyclic) bond motifs is 1. The lowest BCUT2D eigenvalue weighted by Crippen LogP contribution is -2.50. The minimum Gasteiger partial charge on any atom is -0.345 e. The summed E-state index contributed by atoms with van der Waals surface area (Å²) in [5.74, 6) is -1.25. The third kappa shape index (κ3) is 3.77. The van der Waals surface area contributed by atoms with Crippen molar-refractivity contribution in [3.63, 3.8) is 0 Å². The second-order valence-corrected chi connectivity index (χ2v) is 8.02. The molecular weight excluding hydrogens is 382 g/mol. The smallest absolute Gasteiger partial charge is 0.321 e. The number of nitrogens with one attached hydrogen (secondary N) is 1. The molecule has 2 amide bonds. The average molecular weight is 402 g/mol. The number of aromatic nitrogens is 1. The van der Waals surface area contributed by atoms with Crippen molar-refractivity contribution in [3.05, 3.63) is 53.1 Å². The van der Waals surface area contributed by atoms with Crippen molar-refractivity contribution in [1.29, 1.82) is 0 Å². The van der Waals surface area contributed by atoms with E-state index in [0.29, 0.717) is 36.0 Å². The number of urea groups is 1. The van der Waals surface area contributed by atoms with Gasteiger partial charge in [0.05, 0.1) is 4.70 Å². The molecule has 1 fully saturated rings. The van der Waals surface area contributed by atoms with E-state index in [1.165, 1.54) is 17.4 Å². The number of thiazole rings is 1. The fourth-order valence-corrected chi connectivity index (χ4v) is 4.49. The van der Waals surface area contributed by atoms with Gasteiger partial charge in [-0.3, -0.25) is 0 Å². The summed E-state index contributed by atoms with van der Waals surface area (Å²) in [4.78, 5) is 20.6. The number of halogens is 2. The van der Waals surface area contributed by atoms with Crippen molar-refractivity contribution in [3.8, 4) is 0 Å². The zero-order chi connectivity index (χ0) is 19.8. The van der Waals surface area contributed by atoms with Crippen molar-refractivity contribution in [2.75, 3.05) is 36.4 Å². The number of piperazine rings is 1. The average Bonchev–Trinajstić information content (AvgIpc) is 3.05. The van der Waals surface area contributed by atoms with Gasteiger partial charge in [0, 0.05) is 37.9 Å². The molecule has 1 aromatic heterocycles. The molecule has 0 bridgehead atoms. The summed E-state index contributed by atoms with van der Waals surface area (Å²) in [5.41, 5.74) is 3.17. The summed E-state index contributed by atoms with van der Waals surface area (Å²) in [6.07, 6.45) is 0. The topological polar surface area (TPSA) is 48.5 Å². The monoisotopic (exact) mass is 402 g/mol. The van der Waals surface area contributed by atoms with E-state index in [2.05, 4.69) is 16.4 Å². The summed E-state index contributed by atoms with van der Waals surface area (Å²) in [6.45, 7) is 6.23. The molecule has 2 aromatic carbocycles. The molecule has 0 radical (unpaired) electrons. The Kier molecular flexibility index (Phi) is 4.89. The molecule has 0 spiro atoms. The number of amides is 2. The predicted molar refractivity (Wildman–Crippen MR) is 108 cm³/mol. The molecule has 8 heteroatoms. The van der Waals surface area contributed by atoms with Gasteiger partial charge in [0.2, 0.25) is 0 Å². The molecule has 146 valence electrons. The zero-order valence-corrected chi connectivity index (χ0v) is 16.4. The molecule has 0 unspecified atom stereocenters. The van der Waals surface area contributed by atoms with Crippen LogP contribution in [0.25, 0.3) is 10.2 Å². The van der Waals surface area contributed by atoms with Gasteiger partial charge in [-0.2, -0.15) is 0 Å². The molecule has 1 aliphatic heterocycles. The van der Waals surface area contributed by atoms with E-state index in [1.54, 1.807) is 4.90 Å². The van der Waals surface area contributed by atoms with Crippen LogP contribution in [0.5, 0.6) is 0 Å². The van der Waals surface area contributed by atoms with Gasteiger partial charge < -0.3 is 15.1 Å². The summed E-state index contributed by atoms with van der Waals surface area (Å²) in [7, 11) is 0. The van der Waals surface area contributed by atoms with Crippen molar-refractivity contribution in [1.82, 2.24) is 9.88 Å². The fraction of sp³-hybridized carbons (Fsp3) is 0.300. The highest BCUT2D eigenvalue weighted by Crippen LogP contribution is 2.31. The van der Waals surface area contributed by atoms with Crippen LogP contribution in [0.15, 0.2) is 30.3 Å². The van der Waals surface area contributed by atoms with Crippen molar-refractivity contribution in [2.45, 2.75) is 13.8 Å². The normalized spacial score (nSPS) is 14.6. The fourth-order valence-electron chi connectivity index (χ4n) is 3.43. The van der Waals surface area contributed by atoms with Crippen LogP contribution in [0, 0.1) is 25.5 Å². The van der Waals surface area contributed by atoms with E-state index in [-0.39, 0.29) is 11.5 Å². The number of carbonyl (C=O) groups is 1. The van der Waals surface area contributed by atoms with Crippen LogP contribution >= 0.6 is 11.3 Å². The van der Waals surface area contributed by atoms with Crippen LogP contribution in [0.2, 0.25) is 0 Å². The largest absolute Gasteiger partial charge is 0.345 e. The Morgan fingerprint density at radius 3 is 2.39 bits per heavy atom. The molecule has 0 atom stereocenters. The Morgan fingerprint density at radius 1 is 1.04 bits per heavy atom. The Bertz CT molecular complexity index is 1020. The first-order chi connectivity index (χ1) is 13.4. The van der Waals surface area contributed by atoms with E-state index in [4.69, 9.17) is 0 Å². The first-order valence-corrected chi connectivity index (χ1v) is 9.85. The highest BCUT2D eigenvalue weighted by Gasteiger charge is 2.24. The summed E-state index contributed by atoms with van der Waals surface area (Å²) >= 11 is 1.26. The maximum absolute atomic E-state index is 13.9. The number of nitrogens with zero attached hydrogens (tertiary/aromatic N) is 3. The maximum Gasteiger partial charge on any atom is 0.321 e. The second-order valence-electron chi connectivity index (χ2n) is 7.01. The van der Waals surface area contributed by atoms with Crippen molar-refractivity contribution >= 4 is 38.4 Å². The van der Waals surface area contributed by atoms with Gasteiger partial charge in [-0.05, 0) is 43.2 Å². The number of aryl methyl sites for hydroxylation is 2. The van der Waals surface area contributed by atoms with E-state index in [9.17, 15) is 13.6 Å². The number of benzene rings is 2. The lowest BCUT2D eigenvalue weighted by Gasteiger charge is -2.34. The first-order valence-electron chi connectivity index (χ1n) is 9.04. The quantitative estimate of drug-likeness (QED) is 0.684. The van der Waals surface area contributed by atoms with Gasteiger partial charge in [-0.15, -0.1) is 0 Å². The number of rotatable bonds is 2. The zero-order valence-electron chi connectivity index (χ0n) is 15.6. The molecular formula is C20H20F2N4OS. The summed E-state index contributed by atoms with van der Waals surface area (Å²) < 4.78 is 27.8.